The fourth-order valence-corrected chi connectivity index (χ4v) is 3.77. The number of hydrogen-bond donors (Lipinski definition) is 1. The molecule has 134 valence electrons. The van der Waals surface area contributed by atoms with Crippen molar-refractivity contribution in [1.82, 2.24) is 4.98 Å². The molecular weight excluding hydrogens is 380 g/mol. The molecule has 4 nitrogen and oxygen atoms in total. The van der Waals surface area contributed by atoms with Gasteiger partial charge in [0.25, 0.3) is 5.91 Å². The van der Waals surface area contributed by atoms with Gasteiger partial charge in [-0.05, 0) is 42.5 Å². The second-order valence-corrected chi connectivity index (χ2v) is 7.33. The van der Waals surface area contributed by atoms with E-state index in [9.17, 15) is 4.79 Å². The first-order valence-corrected chi connectivity index (χ1v) is 9.51. The summed E-state index contributed by atoms with van der Waals surface area (Å²) in [7, 11) is 0. The van der Waals surface area contributed by atoms with E-state index in [0.717, 1.165) is 20.8 Å². The fourth-order valence-electron chi connectivity index (χ4n) is 2.63. The Hall–Kier alpha value is -2.89. The zero-order valence-corrected chi connectivity index (χ0v) is 15.8. The molecule has 0 spiro atoms. The van der Waals surface area contributed by atoms with Crippen LogP contribution < -0.4 is 10.1 Å². The highest BCUT2D eigenvalue weighted by molar-refractivity contribution is 7.21. The summed E-state index contributed by atoms with van der Waals surface area (Å²) >= 11 is 7.54. The van der Waals surface area contributed by atoms with Gasteiger partial charge in [-0.25, -0.2) is 4.98 Å². The van der Waals surface area contributed by atoms with Crippen molar-refractivity contribution in [2.24, 2.45) is 0 Å². The van der Waals surface area contributed by atoms with Crippen LogP contribution in [0.25, 0.3) is 20.8 Å². The SMILES string of the molecule is O=C(COc1cccc(Cl)c1)Nc1cccc(-c2nc3ccccc3s2)c1. The summed E-state index contributed by atoms with van der Waals surface area (Å²) in [6, 6.07) is 22.6. The molecule has 0 saturated heterocycles. The molecule has 0 fully saturated rings. The number of carbonyl (C=O) groups is 1. The number of anilines is 1. The summed E-state index contributed by atoms with van der Waals surface area (Å²) in [6.45, 7) is -0.0916. The topological polar surface area (TPSA) is 51.2 Å². The Bertz CT molecular complexity index is 1080. The van der Waals surface area contributed by atoms with Crippen LogP contribution >= 0.6 is 22.9 Å². The van der Waals surface area contributed by atoms with Crippen LogP contribution in [0.3, 0.4) is 0 Å². The van der Waals surface area contributed by atoms with Crippen LogP contribution in [0.15, 0.2) is 72.8 Å². The Labute approximate surface area is 165 Å². The first-order chi connectivity index (χ1) is 13.2. The number of nitrogens with zero attached hydrogens (tertiary/aromatic N) is 1. The maximum Gasteiger partial charge on any atom is 0.262 e. The summed E-state index contributed by atoms with van der Waals surface area (Å²) in [5.41, 5.74) is 2.64. The number of nitrogens with one attached hydrogen (secondary N) is 1. The van der Waals surface area contributed by atoms with Gasteiger partial charge in [0.1, 0.15) is 10.8 Å². The third kappa shape index (κ3) is 4.27. The van der Waals surface area contributed by atoms with Crippen molar-refractivity contribution in [3.63, 3.8) is 0 Å². The number of ether oxygens (including phenoxy) is 1. The molecule has 6 heteroatoms. The van der Waals surface area contributed by atoms with Gasteiger partial charge in [0.15, 0.2) is 6.61 Å². The molecule has 27 heavy (non-hydrogen) atoms. The monoisotopic (exact) mass is 394 g/mol. The predicted octanol–water partition coefficient (Wildman–Crippen LogP) is 5.63. The van der Waals surface area contributed by atoms with Crippen LogP contribution in [0.4, 0.5) is 5.69 Å². The van der Waals surface area contributed by atoms with Gasteiger partial charge < -0.3 is 10.1 Å². The van der Waals surface area contributed by atoms with Crippen LogP contribution in [0.2, 0.25) is 5.02 Å². The van der Waals surface area contributed by atoms with Gasteiger partial charge in [-0.3, -0.25) is 4.79 Å². The summed E-state index contributed by atoms with van der Waals surface area (Å²) in [4.78, 5) is 16.8. The van der Waals surface area contributed by atoms with Crippen molar-refractivity contribution >= 4 is 44.7 Å². The van der Waals surface area contributed by atoms with Gasteiger partial charge in [0.05, 0.1) is 10.2 Å². The van der Waals surface area contributed by atoms with Crippen LogP contribution in [-0.2, 0) is 4.79 Å². The number of thiazole rings is 1. The lowest BCUT2D eigenvalue weighted by Crippen LogP contribution is -2.20. The molecular formula is C21H15ClN2O2S. The Kier molecular flexibility index (Phi) is 5.05. The van der Waals surface area contributed by atoms with E-state index in [1.54, 1.807) is 35.6 Å². The first kappa shape index (κ1) is 17.5. The predicted molar refractivity (Wildman–Crippen MR) is 111 cm³/mol. The summed E-state index contributed by atoms with van der Waals surface area (Å²) in [5, 5.41) is 4.34. The van der Waals surface area contributed by atoms with E-state index in [-0.39, 0.29) is 12.5 Å². The second kappa shape index (κ2) is 7.78. The molecule has 0 radical (unpaired) electrons. The van der Waals surface area contributed by atoms with Crippen LogP contribution in [0.5, 0.6) is 5.75 Å². The number of benzene rings is 3. The third-order valence-electron chi connectivity index (χ3n) is 3.85. The molecule has 1 heterocycles. The molecule has 1 amide bonds. The minimum absolute atomic E-state index is 0.0916. The zero-order chi connectivity index (χ0) is 18.6. The molecule has 1 aromatic heterocycles. The van der Waals surface area contributed by atoms with E-state index in [1.807, 2.05) is 42.5 Å². The van der Waals surface area contributed by atoms with Gasteiger partial charge in [0, 0.05) is 16.3 Å². The zero-order valence-electron chi connectivity index (χ0n) is 14.2. The van der Waals surface area contributed by atoms with Crippen molar-refractivity contribution in [2.75, 3.05) is 11.9 Å². The Morgan fingerprint density at radius 1 is 1.04 bits per heavy atom. The lowest BCUT2D eigenvalue weighted by molar-refractivity contribution is -0.118. The third-order valence-corrected chi connectivity index (χ3v) is 5.17. The molecule has 0 aliphatic rings. The number of carbonyl (C=O) groups excluding carboxylic acids is 1. The van der Waals surface area contributed by atoms with Gasteiger partial charge in [-0.1, -0.05) is 41.9 Å². The summed E-state index contributed by atoms with van der Waals surface area (Å²) in [5.74, 6) is 0.317. The molecule has 0 bridgehead atoms. The lowest BCUT2D eigenvalue weighted by atomic mass is 10.2. The number of fused-ring (bicyclic) bond motifs is 1. The lowest BCUT2D eigenvalue weighted by Gasteiger charge is -2.08. The number of amides is 1. The van der Waals surface area contributed by atoms with Gasteiger partial charge in [-0.15, -0.1) is 11.3 Å². The molecule has 1 N–H and O–H groups in total. The molecule has 3 aromatic carbocycles. The van der Waals surface area contributed by atoms with Gasteiger partial charge >= 0.3 is 0 Å². The minimum atomic E-state index is -0.239. The maximum absolute atomic E-state index is 12.2. The highest BCUT2D eigenvalue weighted by Crippen LogP contribution is 2.31. The van der Waals surface area contributed by atoms with E-state index in [4.69, 9.17) is 16.3 Å². The smallest absolute Gasteiger partial charge is 0.262 e. The first-order valence-electron chi connectivity index (χ1n) is 8.32. The van der Waals surface area contributed by atoms with Crippen LogP contribution in [-0.4, -0.2) is 17.5 Å². The fraction of sp³-hybridized carbons (Fsp3) is 0.0476. The van der Waals surface area contributed by atoms with E-state index in [2.05, 4.69) is 16.4 Å². The number of rotatable bonds is 5. The van der Waals surface area contributed by atoms with E-state index in [1.165, 1.54) is 0 Å². The Morgan fingerprint density at radius 3 is 2.74 bits per heavy atom. The molecule has 0 atom stereocenters. The van der Waals surface area contributed by atoms with E-state index >= 15 is 0 Å². The number of para-hydroxylation sites is 1. The number of halogens is 1. The molecule has 0 aliphatic heterocycles. The summed E-state index contributed by atoms with van der Waals surface area (Å²) < 4.78 is 6.60. The highest BCUT2D eigenvalue weighted by Gasteiger charge is 2.08. The average molecular weight is 395 g/mol. The molecule has 4 aromatic rings. The van der Waals surface area contributed by atoms with E-state index < -0.39 is 0 Å². The largest absolute Gasteiger partial charge is 0.484 e. The molecule has 4 rings (SSSR count). The quantitative estimate of drug-likeness (QED) is 0.477. The van der Waals surface area contributed by atoms with Crippen molar-refractivity contribution in [2.45, 2.75) is 0 Å². The van der Waals surface area contributed by atoms with Crippen LogP contribution in [0, 0.1) is 0 Å². The average Bonchev–Trinajstić information content (AvgIpc) is 3.11. The highest BCUT2D eigenvalue weighted by atomic mass is 35.5. The van der Waals surface area contributed by atoms with Gasteiger partial charge in [-0.2, -0.15) is 0 Å². The summed E-state index contributed by atoms with van der Waals surface area (Å²) in [6.07, 6.45) is 0. The van der Waals surface area contributed by atoms with E-state index in [0.29, 0.717) is 16.5 Å². The Balaban J connectivity index is 1.45. The number of aromatic nitrogens is 1. The molecule has 0 aliphatic carbocycles. The minimum Gasteiger partial charge on any atom is -0.484 e. The van der Waals surface area contributed by atoms with Crippen molar-refractivity contribution in [3.05, 3.63) is 77.8 Å². The van der Waals surface area contributed by atoms with Crippen LogP contribution in [0.1, 0.15) is 0 Å². The van der Waals surface area contributed by atoms with Crippen molar-refractivity contribution in [3.8, 4) is 16.3 Å². The molecule has 0 saturated carbocycles. The normalized spacial score (nSPS) is 10.7. The number of hydrogen-bond acceptors (Lipinski definition) is 4. The van der Waals surface area contributed by atoms with Crippen molar-refractivity contribution < 1.29 is 9.53 Å². The maximum atomic E-state index is 12.2. The van der Waals surface area contributed by atoms with Crippen molar-refractivity contribution in [1.29, 1.82) is 0 Å². The molecule has 0 unspecified atom stereocenters. The Morgan fingerprint density at radius 2 is 1.89 bits per heavy atom. The second-order valence-electron chi connectivity index (χ2n) is 5.86. The van der Waals surface area contributed by atoms with Gasteiger partial charge in [0.2, 0.25) is 0 Å². The standard InChI is InChI=1S/C21H15ClN2O2S/c22-15-6-4-8-17(12-15)26-13-20(25)23-16-7-3-5-14(11-16)21-24-18-9-1-2-10-19(18)27-21/h1-12H,13H2,(H,23,25).